The Morgan fingerprint density at radius 1 is 1.52 bits per heavy atom. The Morgan fingerprint density at radius 3 is 2.84 bits per heavy atom. The number of nitrogens with one attached hydrogen (secondary N) is 1. The Kier molecular flexibility index (Phi) is 6.33. The normalized spacial score (nSPS) is 16.9. The van der Waals surface area contributed by atoms with Crippen LogP contribution in [-0.4, -0.2) is 37.0 Å². The van der Waals surface area contributed by atoms with Crippen molar-refractivity contribution in [2.75, 3.05) is 20.0 Å². The second-order valence-corrected chi connectivity index (χ2v) is 6.92. The van der Waals surface area contributed by atoms with E-state index in [2.05, 4.69) is 32.1 Å². The zero-order chi connectivity index (χ0) is 18.6. The van der Waals surface area contributed by atoms with Gasteiger partial charge >= 0.3 is 5.97 Å². The van der Waals surface area contributed by atoms with Gasteiger partial charge in [0.05, 0.1) is 41.1 Å². The Hall–Kier alpha value is -2.18. The van der Waals surface area contributed by atoms with Gasteiger partial charge in [0, 0.05) is 12.3 Å². The lowest BCUT2D eigenvalue weighted by Gasteiger charge is -2.25. The fourth-order valence-corrected chi connectivity index (χ4v) is 3.73. The number of nitriles is 1. The van der Waals surface area contributed by atoms with Crippen LogP contribution in [0.1, 0.15) is 17.9 Å². The van der Waals surface area contributed by atoms with E-state index < -0.39 is 11.9 Å². The number of amides is 1. The number of ether oxygens (including phenoxy) is 2. The first-order valence-electron chi connectivity index (χ1n) is 7.11. The van der Waals surface area contributed by atoms with Gasteiger partial charge in [-0.05, 0) is 33.6 Å². The second-order valence-electron chi connectivity index (χ2n) is 5.08. The number of aromatic hydroxyl groups is 1. The fourth-order valence-electron chi connectivity index (χ4n) is 2.36. The van der Waals surface area contributed by atoms with Gasteiger partial charge in [0.15, 0.2) is 11.5 Å². The number of carbonyl (C=O) groups is 2. The van der Waals surface area contributed by atoms with Gasteiger partial charge in [-0.1, -0.05) is 11.8 Å². The molecule has 0 saturated carbocycles. The second kappa shape index (κ2) is 8.27. The molecular weight excluding hydrogens is 412 g/mol. The minimum Gasteiger partial charge on any atom is -0.503 e. The summed E-state index contributed by atoms with van der Waals surface area (Å²) in [7, 11) is 2.68. The van der Waals surface area contributed by atoms with Crippen LogP contribution < -0.4 is 10.1 Å². The van der Waals surface area contributed by atoms with E-state index in [1.165, 1.54) is 14.2 Å². The smallest absolute Gasteiger partial charge is 0.316 e. The molecule has 0 fully saturated rings. The Bertz CT molecular complexity index is 787. The number of esters is 1. The average Bonchev–Trinajstić information content (AvgIpc) is 2.61. The third kappa shape index (κ3) is 4.27. The topological polar surface area (TPSA) is 109 Å². The lowest BCUT2D eigenvalue weighted by molar-refractivity contribution is -0.137. The summed E-state index contributed by atoms with van der Waals surface area (Å²) in [5, 5.41) is 22.5. The molecule has 1 aromatic rings. The van der Waals surface area contributed by atoms with Crippen LogP contribution in [0.4, 0.5) is 0 Å². The minimum absolute atomic E-state index is 0.0212. The number of methoxy groups -OCH3 is 2. The van der Waals surface area contributed by atoms with E-state index in [4.69, 9.17) is 4.74 Å². The van der Waals surface area contributed by atoms with Crippen molar-refractivity contribution in [3.05, 3.63) is 32.8 Å². The zero-order valence-corrected chi connectivity index (χ0v) is 15.9. The van der Waals surface area contributed by atoms with Crippen LogP contribution >= 0.6 is 27.7 Å². The maximum Gasteiger partial charge on any atom is 0.316 e. The number of halogens is 1. The summed E-state index contributed by atoms with van der Waals surface area (Å²) in [6.45, 7) is 0. The lowest BCUT2D eigenvalue weighted by Crippen LogP contribution is -2.31. The molecule has 0 bridgehead atoms. The van der Waals surface area contributed by atoms with Gasteiger partial charge in [-0.15, -0.1) is 0 Å². The lowest BCUT2D eigenvalue weighted by atomic mass is 9.87. The average molecular weight is 427 g/mol. The van der Waals surface area contributed by atoms with E-state index in [-0.39, 0.29) is 29.6 Å². The van der Waals surface area contributed by atoms with E-state index in [1.54, 1.807) is 12.1 Å². The van der Waals surface area contributed by atoms with Gasteiger partial charge < -0.3 is 19.9 Å². The number of allylic oxidation sites excluding steroid dienone is 1. The number of phenols is 1. The van der Waals surface area contributed by atoms with Crippen molar-refractivity contribution in [3.8, 4) is 17.6 Å². The van der Waals surface area contributed by atoms with Gasteiger partial charge in [0.2, 0.25) is 5.91 Å². The molecule has 25 heavy (non-hydrogen) atoms. The highest BCUT2D eigenvalue weighted by atomic mass is 79.9. The SMILES string of the molecule is COC(=O)CSC1=C(C#N)[C@H](c2cc(Br)c(O)c(OC)c2)CC(=O)N1. The highest BCUT2D eigenvalue weighted by Crippen LogP contribution is 2.42. The molecule has 1 atom stereocenters. The third-order valence-electron chi connectivity index (χ3n) is 3.59. The molecule has 2 N–H and O–H groups in total. The molecule has 0 aromatic heterocycles. The molecule has 0 spiro atoms. The maximum atomic E-state index is 12.1. The molecule has 0 radical (unpaired) electrons. The van der Waals surface area contributed by atoms with E-state index in [0.29, 0.717) is 20.6 Å². The summed E-state index contributed by atoms with van der Waals surface area (Å²) in [6.07, 6.45) is 0.0749. The molecule has 1 aliphatic heterocycles. The Labute approximate surface area is 157 Å². The summed E-state index contributed by atoms with van der Waals surface area (Å²) in [6, 6.07) is 5.34. The van der Waals surface area contributed by atoms with Crippen LogP contribution in [0.3, 0.4) is 0 Å². The largest absolute Gasteiger partial charge is 0.503 e. The first-order valence-corrected chi connectivity index (χ1v) is 8.89. The van der Waals surface area contributed by atoms with Crippen molar-refractivity contribution in [3.63, 3.8) is 0 Å². The summed E-state index contributed by atoms with van der Waals surface area (Å²) in [5.41, 5.74) is 0.984. The van der Waals surface area contributed by atoms with Crippen LogP contribution in [0.2, 0.25) is 0 Å². The summed E-state index contributed by atoms with van der Waals surface area (Å²) < 4.78 is 10.1. The molecule has 2 rings (SSSR count). The molecule has 0 saturated heterocycles. The number of hydrogen-bond donors (Lipinski definition) is 2. The van der Waals surface area contributed by atoms with Crippen molar-refractivity contribution < 1.29 is 24.2 Å². The number of thioether (sulfide) groups is 1. The summed E-state index contributed by atoms with van der Waals surface area (Å²) >= 11 is 4.28. The molecule has 1 aromatic carbocycles. The number of phenolic OH excluding ortho intramolecular Hbond substituents is 1. The number of hydrogen-bond acceptors (Lipinski definition) is 7. The van der Waals surface area contributed by atoms with Crippen molar-refractivity contribution in [1.29, 1.82) is 5.26 Å². The maximum absolute atomic E-state index is 12.1. The van der Waals surface area contributed by atoms with Crippen LogP contribution in [0.5, 0.6) is 11.5 Å². The molecule has 1 amide bonds. The van der Waals surface area contributed by atoms with E-state index in [0.717, 1.165) is 11.8 Å². The Balaban J connectivity index is 2.45. The standard InChI is InChI=1S/C16H15BrN2O5S/c1-23-12-4-8(3-11(17)15(12)22)9-5-13(20)19-16(10(9)6-18)25-7-14(21)24-2/h3-4,9,22H,5,7H2,1-2H3,(H,19,20)/t9-/m0/s1. The highest BCUT2D eigenvalue weighted by molar-refractivity contribution is 9.10. The predicted octanol–water partition coefficient (Wildman–Crippen LogP) is 2.41. The van der Waals surface area contributed by atoms with Crippen LogP contribution in [0.15, 0.2) is 27.2 Å². The minimum atomic E-state index is -0.510. The zero-order valence-electron chi connectivity index (χ0n) is 13.5. The summed E-state index contributed by atoms with van der Waals surface area (Å²) in [4.78, 5) is 23.4. The molecule has 7 nitrogen and oxygen atoms in total. The third-order valence-corrected chi connectivity index (χ3v) is 5.19. The van der Waals surface area contributed by atoms with Crippen molar-refractivity contribution in [2.45, 2.75) is 12.3 Å². The predicted molar refractivity (Wildman–Crippen MR) is 95.0 cm³/mol. The number of carbonyl (C=O) groups excluding carboxylic acids is 2. The Morgan fingerprint density at radius 2 is 2.24 bits per heavy atom. The highest BCUT2D eigenvalue weighted by Gasteiger charge is 2.31. The first-order chi connectivity index (χ1) is 11.9. The molecule has 0 unspecified atom stereocenters. The number of rotatable bonds is 5. The van der Waals surface area contributed by atoms with Crippen LogP contribution in [-0.2, 0) is 14.3 Å². The quantitative estimate of drug-likeness (QED) is 0.695. The van der Waals surface area contributed by atoms with Crippen molar-refractivity contribution in [2.24, 2.45) is 0 Å². The monoisotopic (exact) mass is 426 g/mol. The van der Waals surface area contributed by atoms with E-state index in [1.807, 2.05) is 0 Å². The number of nitrogens with zero attached hydrogens (tertiary/aromatic N) is 1. The van der Waals surface area contributed by atoms with Crippen LogP contribution in [0.25, 0.3) is 0 Å². The van der Waals surface area contributed by atoms with Crippen molar-refractivity contribution >= 4 is 39.6 Å². The van der Waals surface area contributed by atoms with E-state index in [9.17, 15) is 20.0 Å². The molecule has 9 heteroatoms. The summed E-state index contributed by atoms with van der Waals surface area (Å²) in [5.74, 6) is -1.08. The molecule has 0 aliphatic carbocycles. The van der Waals surface area contributed by atoms with Crippen LogP contribution in [0, 0.1) is 11.3 Å². The fraction of sp³-hybridized carbons (Fsp3) is 0.312. The molecular formula is C16H15BrN2O5S. The first kappa shape index (κ1) is 19.1. The van der Waals surface area contributed by atoms with Gasteiger partial charge in [-0.2, -0.15) is 5.26 Å². The molecule has 132 valence electrons. The molecule has 1 heterocycles. The van der Waals surface area contributed by atoms with Gasteiger partial charge in [0.1, 0.15) is 0 Å². The van der Waals surface area contributed by atoms with Crippen molar-refractivity contribution in [1.82, 2.24) is 5.32 Å². The van der Waals surface area contributed by atoms with Gasteiger partial charge in [-0.3, -0.25) is 9.59 Å². The van der Waals surface area contributed by atoms with E-state index >= 15 is 0 Å². The number of benzene rings is 1. The molecule has 1 aliphatic rings. The van der Waals surface area contributed by atoms with Gasteiger partial charge in [0.25, 0.3) is 0 Å². The van der Waals surface area contributed by atoms with Gasteiger partial charge in [-0.25, -0.2) is 0 Å².